The molecule has 7 heteroatoms. The molecule has 0 amide bonds. The quantitative estimate of drug-likeness (QED) is 0.679. The molecule has 23 heavy (non-hydrogen) atoms. The second-order valence-corrected chi connectivity index (χ2v) is 4.65. The Bertz CT molecular complexity index is 819. The first-order valence-electron chi connectivity index (χ1n) is 6.67. The van der Waals surface area contributed by atoms with E-state index in [4.69, 9.17) is 23.7 Å². The molecule has 2 aromatic rings. The number of rotatable bonds is 4. The van der Waals surface area contributed by atoms with E-state index in [-0.39, 0.29) is 19.2 Å². The average molecular weight is 316 g/mol. The SMILES string of the molecule is O=C(C=Cc1ccc2c(c1)OCO2)OCc1cc(=O)c(O)co1. The molecule has 0 atom stereocenters. The van der Waals surface area contributed by atoms with Crippen LogP contribution < -0.4 is 14.9 Å². The van der Waals surface area contributed by atoms with Crippen LogP contribution in [0.1, 0.15) is 11.3 Å². The molecule has 0 fully saturated rings. The molecule has 1 aliphatic heterocycles. The number of hydrogen-bond acceptors (Lipinski definition) is 7. The number of aromatic hydroxyl groups is 1. The molecule has 118 valence electrons. The number of hydrogen-bond donors (Lipinski definition) is 1. The third-order valence-corrected chi connectivity index (χ3v) is 3.03. The molecule has 0 bridgehead atoms. The summed E-state index contributed by atoms with van der Waals surface area (Å²) in [6, 6.07) is 6.32. The molecule has 1 aliphatic rings. The van der Waals surface area contributed by atoms with Gasteiger partial charge in [0.1, 0.15) is 18.6 Å². The van der Waals surface area contributed by atoms with E-state index in [2.05, 4.69) is 0 Å². The summed E-state index contributed by atoms with van der Waals surface area (Å²) in [6.45, 7) is -0.0256. The second kappa shape index (κ2) is 6.27. The van der Waals surface area contributed by atoms with E-state index in [0.29, 0.717) is 11.5 Å². The highest BCUT2D eigenvalue weighted by Gasteiger charge is 2.12. The van der Waals surface area contributed by atoms with Gasteiger partial charge in [-0.25, -0.2) is 4.79 Å². The van der Waals surface area contributed by atoms with Crippen LogP contribution in [-0.2, 0) is 16.1 Å². The maximum Gasteiger partial charge on any atom is 0.331 e. The lowest BCUT2D eigenvalue weighted by atomic mass is 10.2. The largest absolute Gasteiger partial charge is 0.502 e. The predicted molar refractivity (Wildman–Crippen MR) is 78.0 cm³/mol. The Labute approximate surface area is 130 Å². The molecule has 1 aromatic carbocycles. The standard InChI is InChI=1S/C16H12O7/c17-12-6-11(20-8-13(12)18)7-21-16(19)4-2-10-1-3-14-15(5-10)23-9-22-14/h1-6,8,18H,7,9H2. The minimum Gasteiger partial charge on any atom is -0.502 e. The summed E-state index contributed by atoms with van der Waals surface area (Å²) in [5.41, 5.74) is 0.153. The minimum absolute atomic E-state index is 0.137. The number of esters is 1. The first-order valence-corrected chi connectivity index (χ1v) is 6.67. The monoisotopic (exact) mass is 316 g/mol. The van der Waals surface area contributed by atoms with E-state index in [0.717, 1.165) is 17.9 Å². The third kappa shape index (κ3) is 3.52. The molecular formula is C16H12O7. The molecule has 3 rings (SSSR count). The number of carbonyl (C=O) groups excluding carboxylic acids is 1. The van der Waals surface area contributed by atoms with Crippen molar-refractivity contribution in [1.29, 1.82) is 0 Å². The summed E-state index contributed by atoms with van der Waals surface area (Å²) in [5, 5.41) is 9.05. The fourth-order valence-electron chi connectivity index (χ4n) is 1.89. The normalized spacial score (nSPS) is 12.5. The van der Waals surface area contributed by atoms with E-state index >= 15 is 0 Å². The van der Waals surface area contributed by atoms with Crippen molar-refractivity contribution in [3.63, 3.8) is 0 Å². The molecule has 1 aromatic heterocycles. The first-order chi connectivity index (χ1) is 11.1. The Kier molecular flexibility index (Phi) is 4.01. The van der Waals surface area contributed by atoms with E-state index in [1.807, 2.05) is 0 Å². The molecule has 0 unspecified atom stereocenters. The summed E-state index contributed by atoms with van der Waals surface area (Å²) >= 11 is 0. The zero-order valence-electron chi connectivity index (χ0n) is 11.9. The van der Waals surface area contributed by atoms with E-state index in [1.165, 1.54) is 6.08 Å². The number of ether oxygens (including phenoxy) is 3. The Balaban J connectivity index is 1.58. The van der Waals surface area contributed by atoms with Gasteiger partial charge < -0.3 is 23.7 Å². The molecular weight excluding hydrogens is 304 g/mol. The van der Waals surface area contributed by atoms with Gasteiger partial charge in [0.05, 0.1) is 0 Å². The highest BCUT2D eigenvalue weighted by molar-refractivity contribution is 5.87. The zero-order chi connectivity index (χ0) is 16.2. The van der Waals surface area contributed by atoms with Gasteiger partial charge in [-0.3, -0.25) is 4.79 Å². The second-order valence-electron chi connectivity index (χ2n) is 4.65. The minimum atomic E-state index is -0.599. The maximum absolute atomic E-state index is 11.6. The van der Waals surface area contributed by atoms with Crippen LogP contribution in [0.2, 0.25) is 0 Å². The molecule has 2 heterocycles. The Morgan fingerprint density at radius 2 is 2.09 bits per heavy atom. The Morgan fingerprint density at radius 1 is 1.26 bits per heavy atom. The van der Waals surface area contributed by atoms with E-state index in [9.17, 15) is 9.59 Å². The molecule has 0 saturated heterocycles. The van der Waals surface area contributed by atoms with Crippen LogP contribution in [0.5, 0.6) is 17.2 Å². The van der Waals surface area contributed by atoms with Gasteiger partial charge in [-0.05, 0) is 23.8 Å². The van der Waals surface area contributed by atoms with Crippen molar-refractivity contribution in [1.82, 2.24) is 0 Å². The van der Waals surface area contributed by atoms with Crippen LogP contribution in [0.4, 0.5) is 0 Å². The highest BCUT2D eigenvalue weighted by atomic mass is 16.7. The number of fused-ring (bicyclic) bond motifs is 1. The van der Waals surface area contributed by atoms with Crippen LogP contribution >= 0.6 is 0 Å². The lowest BCUT2D eigenvalue weighted by Gasteiger charge is -2.01. The van der Waals surface area contributed by atoms with Crippen molar-refractivity contribution >= 4 is 12.0 Å². The summed E-state index contributed by atoms with van der Waals surface area (Å²) in [4.78, 5) is 22.8. The summed E-state index contributed by atoms with van der Waals surface area (Å²) < 4.78 is 20.3. The number of carbonyl (C=O) groups is 1. The van der Waals surface area contributed by atoms with E-state index in [1.54, 1.807) is 24.3 Å². The predicted octanol–water partition coefficient (Wildman–Crippen LogP) is 1.83. The van der Waals surface area contributed by atoms with Crippen LogP contribution in [0.25, 0.3) is 6.08 Å². The molecule has 1 N–H and O–H groups in total. The van der Waals surface area contributed by atoms with Crippen LogP contribution in [0.15, 0.2) is 45.8 Å². The topological polar surface area (TPSA) is 95.2 Å². The van der Waals surface area contributed by atoms with Gasteiger partial charge >= 0.3 is 5.97 Å². The Hall–Kier alpha value is -3.22. The molecule has 0 radical (unpaired) electrons. The zero-order valence-corrected chi connectivity index (χ0v) is 11.9. The van der Waals surface area contributed by atoms with Gasteiger partial charge in [0, 0.05) is 12.1 Å². The molecule has 0 saturated carbocycles. The smallest absolute Gasteiger partial charge is 0.331 e. The van der Waals surface area contributed by atoms with Crippen LogP contribution in [-0.4, -0.2) is 17.9 Å². The first kappa shape index (κ1) is 14.7. The van der Waals surface area contributed by atoms with Crippen molar-refractivity contribution in [2.75, 3.05) is 6.79 Å². The van der Waals surface area contributed by atoms with Crippen molar-refractivity contribution in [2.45, 2.75) is 6.61 Å². The fraction of sp³-hybridized carbons (Fsp3) is 0.125. The summed E-state index contributed by atoms with van der Waals surface area (Å²) in [5.74, 6) is 0.317. The average Bonchev–Trinajstić information content (AvgIpc) is 3.01. The van der Waals surface area contributed by atoms with Crippen LogP contribution in [0, 0.1) is 0 Å². The van der Waals surface area contributed by atoms with Crippen molar-refractivity contribution in [3.8, 4) is 17.2 Å². The lowest BCUT2D eigenvalue weighted by molar-refractivity contribution is -0.139. The lowest BCUT2D eigenvalue weighted by Crippen LogP contribution is -2.04. The van der Waals surface area contributed by atoms with Gasteiger partial charge in [-0.2, -0.15) is 0 Å². The fourth-order valence-corrected chi connectivity index (χ4v) is 1.89. The van der Waals surface area contributed by atoms with Crippen molar-refractivity contribution in [2.24, 2.45) is 0 Å². The molecule has 0 aliphatic carbocycles. The van der Waals surface area contributed by atoms with Crippen LogP contribution in [0.3, 0.4) is 0 Å². The summed E-state index contributed by atoms with van der Waals surface area (Å²) in [6.07, 6.45) is 3.71. The number of benzene rings is 1. The van der Waals surface area contributed by atoms with Gasteiger partial charge in [-0.1, -0.05) is 6.07 Å². The van der Waals surface area contributed by atoms with E-state index < -0.39 is 17.1 Å². The molecule has 0 spiro atoms. The van der Waals surface area contributed by atoms with Gasteiger partial charge in [-0.15, -0.1) is 0 Å². The van der Waals surface area contributed by atoms with Gasteiger partial charge in [0.2, 0.25) is 12.2 Å². The highest BCUT2D eigenvalue weighted by Crippen LogP contribution is 2.32. The summed E-state index contributed by atoms with van der Waals surface area (Å²) in [7, 11) is 0. The Morgan fingerprint density at radius 3 is 2.91 bits per heavy atom. The van der Waals surface area contributed by atoms with Gasteiger partial charge in [0.15, 0.2) is 17.2 Å². The maximum atomic E-state index is 11.6. The van der Waals surface area contributed by atoms with Crippen molar-refractivity contribution < 1.29 is 28.5 Å². The van der Waals surface area contributed by atoms with Gasteiger partial charge in [0.25, 0.3) is 0 Å². The third-order valence-electron chi connectivity index (χ3n) is 3.03. The van der Waals surface area contributed by atoms with Crippen molar-refractivity contribution in [3.05, 3.63) is 58.2 Å². The molecule has 7 nitrogen and oxygen atoms in total.